The Bertz CT molecular complexity index is 321. The molecule has 1 saturated heterocycles. The average Bonchev–Trinajstić information content (AvgIpc) is 2.91. The number of hydrogen-bond donors (Lipinski definition) is 0. The molecule has 0 radical (unpaired) electrons. The number of methoxy groups -OCH3 is 1. The number of alkyl halides is 2. The summed E-state index contributed by atoms with van der Waals surface area (Å²) >= 11 is 10.5. The van der Waals surface area contributed by atoms with Gasteiger partial charge in [0.05, 0.1) is 26.2 Å². The van der Waals surface area contributed by atoms with E-state index in [2.05, 4.69) is 11.6 Å². The van der Waals surface area contributed by atoms with E-state index in [-0.39, 0.29) is 0 Å². The van der Waals surface area contributed by atoms with Crippen molar-refractivity contribution in [2.45, 2.75) is 5.79 Å². The van der Waals surface area contributed by atoms with Gasteiger partial charge in [-0.3, -0.25) is 0 Å². The van der Waals surface area contributed by atoms with Crippen LogP contribution in [0.25, 0.3) is 0 Å². The molecule has 17 heavy (non-hydrogen) atoms. The minimum Gasteiger partial charge on any atom is -0.497 e. The first-order valence-electron chi connectivity index (χ1n) is 5.17. The van der Waals surface area contributed by atoms with Crippen LogP contribution < -0.4 is 4.74 Å². The highest BCUT2D eigenvalue weighted by Crippen LogP contribution is 2.33. The first-order chi connectivity index (χ1) is 8.30. The average molecular weight is 279 g/mol. The second kappa shape index (κ2) is 7.07. The van der Waals surface area contributed by atoms with E-state index in [1.807, 2.05) is 24.3 Å². The van der Waals surface area contributed by atoms with Gasteiger partial charge < -0.3 is 14.2 Å². The van der Waals surface area contributed by atoms with Gasteiger partial charge in [-0.2, -0.15) is 0 Å². The molecule has 2 rings (SSSR count). The molecule has 1 aliphatic heterocycles. The molecular formula is C12H16Cl2O3. The number of benzene rings is 1. The summed E-state index contributed by atoms with van der Waals surface area (Å²) in [6.45, 7) is 1.16. The third-order valence-electron chi connectivity index (χ3n) is 2.46. The number of rotatable bonds is 3. The highest BCUT2D eigenvalue weighted by molar-refractivity contribution is 6.18. The molecule has 1 aromatic carbocycles. The zero-order chi connectivity index (χ0) is 12.7. The van der Waals surface area contributed by atoms with E-state index >= 15 is 0 Å². The molecule has 0 N–H and O–H groups in total. The molecule has 0 aromatic heterocycles. The summed E-state index contributed by atoms with van der Waals surface area (Å²) in [5.41, 5.74) is 0.927. The number of halogens is 2. The van der Waals surface area contributed by atoms with Crippen LogP contribution in [0.5, 0.6) is 5.75 Å². The van der Waals surface area contributed by atoms with Crippen molar-refractivity contribution in [3.63, 3.8) is 0 Å². The second-order valence-electron chi connectivity index (χ2n) is 3.31. The summed E-state index contributed by atoms with van der Waals surface area (Å²) in [4.78, 5) is 0. The SMILES string of the molecule is CCl.COc1ccc(C2(CCl)OCCO2)cc1. The topological polar surface area (TPSA) is 27.7 Å². The van der Waals surface area contributed by atoms with E-state index in [1.165, 1.54) is 6.38 Å². The smallest absolute Gasteiger partial charge is 0.208 e. The Morgan fingerprint density at radius 2 is 1.71 bits per heavy atom. The lowest BCUT2D eigenvalue weighted by molar-refractivity contribution is -0.146. The predicted octanol–water partition coefficient (Wildman–Crippen LogP) is 2.99. The molecule has 0 saturated carbocycles. The van der Waals surface area contributed by atoms with Crippen LogP contribution in [0, 0.1) is 0 Å². The van der Waals surface area contributed by atoms with Crippen molar-refractivity contribution >= 4 is 23.2 Å². The van der Waals surface area contributed by atoms with Crippen molar-refractivity contribution in [1.29, 1.82) is 0 Å². The molecule has 1 aliphatic rings. The molecular weight excluding hydrogens is 263 g/mol. The van der Waals surface area contributed by atoms with Crippen molar-refractivity contribution in [1.82, 2.24) is 0 Å². The van der Waals surface area contributed by atoms with Crippen molar-refractivity contribution in [2.75, 3.05) is 32.6 Å². The first kappa shape index (κ1) is 14.6. The highest BCUT2D eigenvalue weighted by Gasteiger charge is 2.37. The summed E-state index contributed by atoms with van der Waals surface area (Å²) in [6, 6.07) is 7.56. The van der Waals surface area contributed by atoms with Crippen LogP contribution in [0.15, 0.2) is 24.3 Å². The van der Waals surface area contributed by atoms with Gasteiger partial charge in [0.15, 0.2) is 0 Å². The molecule has 0 amide bonds. The zero-order valence-corrected chi connectivity index (χ0v) is 11.4. The van der Waals surface area contributed by atoms with Crippen LogP contribution in [0.3, 0.4) is 0 Å². The van der Waals surface area contributed by atoms with E-state index in [0.717, 1.165) is 11.3 Å². The van der Waals surface area contributed by atoms with Crippen LogP contribution in [-0.2, 0) is 15.3 Å². The lowest BCUT2D eigenvalue weighted by Crippen LogP contribution is -2.29. The minimum absolute atomic E-state index is 0.291. The molecule has 0 bridgehead atoms. The quantitative estimate of drug-likeness (QED) is 0.796. The fraction of sp³-hybridized carbons (Fsp3) is 0.500. The lowest BCUT2D eigenvalue weighted by atomic mass is 10.1. The van der Waals surface area contributed by atoms with E-state index in [0.29, 0.717) is 19.1 Å². The standard InChI is InChI=1S/C11H13ClO3.CH3Cl/c1-13-10-4-2-9(3-5-10)11(8-12)14-6-7-15-11;1-2/h2-5H,6-8H2,1H3;1H3. The van der Waals surface area contributed by atoms with Gasteiger partial charge in [-0.05, 0) is 24.3 Å². The van der Waals surface area contributed by atoms with Gasteiger partial charge in [0.1, 0.15) is 5.75 Å². The maximum atomic E-state index is 5.89. The van der Waals surface area contributed by atoms with E-state index in [9.17, 15) is 0 Å². The Morgan fingerprint density at radius 1 is 1.18 bits per heavy atom. The third-order valence-corrected chi connectivity index (χ3v) is 2.81. The van der Waals surface area contributed by atoms with Crippen molar-refractivity contribution < 1.29 is 14.2 Å². The van der Waals surface area contributed by atoms with E-state index in [4.69, 9.17) is 25.8 Å². The maximum absolute atomic E-state index is 5.89. The predicted molar refractivity (Wildman–Crippen MR) is 69.1 cm³/mol. The Morgan fingerprint density at radius 3 is 2.12 bits per heavy atom. The molecule has 1 aromatic rings. The zero-order valence-electron chi connectivity index (χ0n) is 9.91. The summed E-state index contributed by atoms with van der Waals surface area (Å²) in [7, 11) is 1.63. The summed E-state index contributed by atoms with van der Waals surface area (Å²) < 4.78 is 16.2. The monoisotopic (exact) mass is 278 g/mol. The summed E-state index contributed by atoms with van der Waals surface area (Å²) in [5, 5.41) is 0. The van der Waals surface area contributed by atoms with Crippen molar-refractivity contribution in [3.05, 3.63) is 29.8 Å². The van der Waals surface area contributed by atoms with Gasteiger partial charge in [-0.15, -0.1) is 23.2 Å². The largest absolute Gasteiger partial charge is 0.497 e. The van der Waals surface area contributed by atoms with Gasteiger partial charge in [-0.1, -0.05) is 0 Å². The summed E-state index contributed by atoms with van der Waals surface area (Å²) in [6.07, 6.45) is 1.47. The molecule has 96 valence electrons. The molecule has 0 aliphatic carbocycles. The normalized spacial score (nSPS) is 17.2. The van der Waals surface area contributed by atoms with Gasteiger partial charge in [-0.25, -0.2) is 0 Å². The molecule has 3 nitrogen and oxygen atoms in total. The fourth-order valence-corrected chi connectivity index (χ4v) is 1.93. The van der Waals surface area contributed by atoms with Crippen molar-refractivity contribution in [2.24, 2.45) is 0 Å². The van der Waals surface area contributed by atoms with Crippen LogP contribution in [-0.4, -0.2) is 32.6 Å². The van der Waals surface area contributed by atoms with Crippen LogP contribution in [0.4, 0.5) is 0 Å². The second-order valence-corrected chi connectivity index (χ2v) is 3.58. The molecule has 1 fully saturated rings. The fourth-order valence-electron chi connectivity index (χ4n) is 1.62. The first-order valence-corrected chi connectivity index (χ1v) is 6.46. The molecule has 0 atom stereocenters. The number of hydrogen-bond acceptors (Lipinski definition) is 3. The molecule has 0 unspecified atom stereocenters. The highest BCUT2D eigenvalue weighted by atomic mass is 35.5. The molecule has 5 heteroatoms. The van der Waals surface area contributed by atoms with Crippen molar-refractivity contribution in [3.8, 4) is 5.75 Å². The molecule has 1 heterocycles. The Hall–Kier alpha value is -0.480. The van der Waals surface area contributed by atoms with Gasteiger partial charge >= 0.3 is 0 Å². The maximum Gasteiger partial charge on any atom is 0.208 e. The Balaban J connectivity index is 0.000000686. The van der Waals surface area contributed by atoms with E-state index < -0.39 is 5.79 Å². The van der Waals surface area contributed by atoms with E-state index in [1.54, 1.807) is 7.11 Å². The summed E-state index contributed by atoms with van der Waals surface area (Å²) in [5.74, 6) is 0.328. The van der Waals surface area contributed by atoms with Gasteiger partial charge in [0.2, 0.25) is 5.79 Å². The third kappa shape index (κ3) is 3.26. The number of ether oxygens (including phenoxy) is 3. The minimum atomic E-state index is -0.770. The lowest BCUT2D eigenvalue weighted by Gasteiger charge is -2.25. The van der Waals surface area contributed by atoms with Crippen LogP contribution in [0.1, 0.15) is 5.56 Å². The Kier molecular flexibility index (Phi) is 6.06. The van der Waals surface area contributed by atoms with Gasteiger partial charge in [0.25, 0.3) is 0 Å². The van der Waals surface area contributed by atoms with Crippen LogP contribution in [0.2, 0.25) is 0 Å². The molecule has 0 spiro atoms. The van der Waals surface area contributed by atoms with Crippen LogP contribution >= 0.6 is 23.2 Å². The Labute approximate surface area is 112 Å². The van der Waals surface area contributed by atoms with Gasteiger partial charge in [0, 0.05) is 11.9 Å².